The average molecular weight is 432 g/mol. The maximum Gasteiger partial charge on any atom is 0.353 e. The van der Waals surface area contributed by atoms with E-state index in [1.165, 1.54) is 17.1 Å². The van der Waals surface area contributed by atoms with Crippen molar-refractivity contribution in [1.82, 2.24) is 19.2 Å². The smallest absolute Gasteiger partial charge is 0.353 e. The van der Waals surface area contributed by atoms with Crippen LogP contribution in [0.1, 0.15) is 16.8 Å². The Balaban J connectivity index is 1.64. The quantitative estimate of drug-likeness (QED) is 0.485. The van der Waals surface area contributed by atoms with Gasteiger partial charge >= 0.3 is 5.69 Å². The van der Waals surface area contributed by atoms with E-state index in [2.05, 4.69) is 20.7 Å². The summed E-state index contributed by atoms with van der Waals surface area (Å²) < 4.78 is 7.73. The highest BCUT2D eigenvalue weighted by atomic mass is 16.5. The van der Waals surface area contributed by atoms with Crippen molar-refractivity contribution in [3.8, 4) is 5.75 Å². The first kappa shape index (κ1) is 21.1. The molecular weight excluding hydrogens is 408 g/mol. The highest BCUT2D eigenvalue weighted by molar-refractivity contribution is 5.92. The molecule has 2 N–H and O–H groups in total. The maximum absolute atomic E-state index is 13.1. The SMILES string of the molecule is COc1ccccc1NC(=O)Cn1nc2cc(C)nc(Nc3ccc(C)c(C)c3)n2c1=O. The van der Waals surface area contributed by atoms with Gasteiger partial charge in [-0.15, -0.1) is 5.10 Å². The first-order valence-electron chi connectivity index (χ1n) is 10.1. The highest BCUT2D eigenvalue weighted by Crippen LogP contribution is 2.23. The molecule has 0 saturated heterocycles. The molecule has 9 nitrogen and oxygen atoms in total. The van der Waals surface area contributed by atoms with Gasteiger partial charge in [0.2, 0.25) is 11.9 Å². The summed E-state index contributed by atoms with van der Waals surface area (Å²) in [5, 5.41) is 10.3. The number of nitrogens with zero attached hydrogens (tertiary/aromatic N) is 4. The highest BCUT2D eigenvalue weighted by Gasteiger charge is 2.16. The van der Waals surface area contributed by atoms with Gasteiger partial charge in [-0.25, -0.2) is 18.9 Å². The maximum atomic E-state index is 13.1. The number of amides is 1. The van der Waals surface area contributed by atoms with Gasteiger partial charge in [0.25, 0.3) is 0 Å². The van der Waals surface area contributed by atoms with Crippen molar-refractivity contribution in [3.05, 3.63) is 75.8 Å². The zero-order chi connectivity index (χ0) is 22.8. The van der Waals surface area contributed by atoms with Crippen LogP contribution in [0.2, 0.25) is 0 Å². The van der Waals surface area contributed by atoms with E-state index < -0.39 is 11.6 Å². The third-order valence-electron chi connectivity index (χ3n) is 5.13. The summed E-state index contributed by atoms with van der Waals surface area (Å²) in [7, 11) is 1.52. The summed E-state index contributed by atoms with van der Waals surface area (Å²) in [6, 6.07) is 14.7. The lowest BCUT2D eigenvalue weighted by molar-refractivity contribution is -0.117. The van der Waals surface area contributed by atoms with Crippen molar-refractivity contribution in [1.29, 1.82) is 0 Å². The third-order valence-corrected chi connectivity index (χ3v) is 5.13. The third kappa shape index (κ3) is 4.18. The predicted octanol–water partition coefficient (Wildman–Crippen LogP) is 3.21. The summed E-state index contributed by atoms with van der Waals surface area (Å²) in [4.78, 5) is 30.1. The van der Waals surface area contributed by atoms with Crippen molar-refractivity contribution < 1.29 is 9.53 Å². The number of methoxy groups -OCH3 is 1. The number of benzene rings is 2. The lowest BCUT2D eigenvalue weighted by Crippen LogP contribution is -2.29. The number of para-hydroxylation sites is 2. The van der Waals surface area contributed by atoms with Crippen LogP contribution in [-0.2, 0) is 11.3 Å². The Bertz CT molecular complexity index is 1370. The van der Waals surface area contributed by atoms with E-state index in [0.717, 1.165) is 15.9 Å². The zero-order valence-electron chi connectivity index (χ0n) is 18.3. The average Bonchev–Trinajstić information content (AvgIpc) is 3.06. The van der Waals surface area contributed by atoms with Gasteiger partial charge < -0.3 is 15.4 Å². The Hall–Kier alpha value is -4.14. The Morgan fingerprint density at radius 2 is 1.84 bits per heavy atom. The molecule has 0 aliphatic carbocycles. The minimum atomic E-state index is -0.464. The molecular formula is C23H24N6O3. The predicted molar refractivity (Wildman–Crippen MR) is 123 cm³/mol. The molecule has 0 saturated carbocycles. The number of aryl methyl sites for hydroxylation is 3. The number of anilines is 3. The molecule has 2 aromatic heterocycles. The summed E-state index contributed by atoms with van der Waals surface area (Å²) in [6.07, 6.45) is 0. The molecule has 0 aliphatic rings. The van der Waals surface area contributed by atoms with E-state index in [9.17, 15) is 9.59 Å². The minimum Gasteiger partial charge on any atom is -0.495 e. The van der Waals surface area contributed by atoms with E-state index in [1.807, 2.05) is 39.0 Å². The topological polar surface area (TPSA) is 103 Å². The van der Waals surface area contributed by atoms with E-state index in [-0.39, 0.29) is 6.54 Å². The molecule has 9 heteroatoms. The number of nitrogens with one attached hydrogen (secondary N) is 2. The van der Waals surface area contributed by atoms with Gasteiger partial charge in [0, 0.05) is 17.4 Å². The number of carbonyl (C=O) groups is 1. The van der Waals surface area contributed by atoms with Crippen molar-refractivity contribution in [2.45, 2.75) is 27.3 Å². The van der Waals surface area contributed by atoms with Gasteiger partial charge in [0.1, 0.15) is 12.3 Å². The van der Waals surface area contributed by atoms with Gasteiger partial charge in [-0.05, 0) is 56.2 Å². The largest absolute Gasteiger partial charge is 0.495 e. The molecule has 2 heterocycles. The second kappa shape index (κ2) is 8.54. The number of rotatable bonds is 6. The van der Waals surface area contributed by atoms with Gasteiger partial charge in [-0.3, -0.25) is 4.79 Å². The first-order valence-corrected chi connectivity index (χ1v) is 10.1. The molecule has 1 amide bonds. The second-order valence-electron chi connectivity index (χ2n) is 7.53. The number of hydrogen-bond donors (Lipinski definition) is 2. The van der Waals surface area contributed by atoms with Crippen LogP contribution in [0.15, 0.2) is 53.3 Å². The fourth-order valence-electron chi connectivity index (χ4n) is 3.36. The van der Waals surface area contributed by atoms with Gasteiger partial charge in [-0.2, -0.15) is 0 Å². The van der Waals surface area contributed by atoms with Gasteiger partial charge in [-0.1, -0.05) is 18.2 Å². The molecule has 0 atom stereocenters. The summed E-state index contributed by atoms with van der Waals surface area (Å²) >= 11 is 0. The van der Waals surface area contributed by atoms with Crippen molar-refractivity contribution in [3.63, 3.8) is 0 Å². The normalized spacial score (nSPS) is 10.9. The number of ether oxygens (including phenoxy) is 1. The Morgan fingerprint density at radius 1 is 1.06 bits per heavy atom. The van der Waals surface area contributed by atoms with Crippen molar-refractivity contribution in [2.75, 3.05) is 17.7 Å². The molecule has 0 radical (unpaired) electrons. The van der Waals surface area contributed by atoms with E-state index >= 15 is 0 Å². The van der Waals surface area contributed by atoms with Crippen LogP contribution in [0.4, 0.5) is 17.3 Å². The van der Waals surface area contributed by atoms with Crippen LogP contribution in [0.25, 0.3) is 5.65 Å². The minimum absolute atomic E-state index is 0.249. The summed E-state index contributed by atoms with van der Waals surface area (Å²) in [5.74, 6) is 0.473. The molecule has 4 aromatic rings. The number of carbonyl (C=O) groups excluding carboxylic acids is 1. The van der Waals surface area contributed by atoms with Crippen LogP contribution in [-0.4, -0.2) is 32.2 Å². The van der Waals surface area contributed by atoms with E-state index in [4.69, 9.17) is 4.74 Å². The lowest BCUT2D eigenvalue weighted by atomic mass is 10.1. The molecule has 0 spiro atoms. The van der Waals surface area contributed by atoms with Crippen LogP contribution >= 0.6 is 0 Å². The van der Waals surface area contributed by atoms with Crippen LogP contribution in [0, 0.1) is 20.8 Å². The zero-order valence-corrected chi connectivity index (χ0v) is 18.3. The lowest BCUT2D eigenvalue weighted by Gasteiger charge is -2.10. The monoisotopic (exact) mass is 432 g/mol. The standard InChI is InChI=1S/C23H24N6O3/c1-14-9-10-17(11-15(14)2)25-22-24-16(3)12-20-27-28(23(31)29(20)22)13-21(30)26-18-7-5-6-8-19(18)32-4/h5-12H,13H2,1-4H3,(H,24,25)(H,26,30). The molecule has 0 unspecified atom stereocenters. The van der Waals surface area contributed by atoms with Gasteiger partial charge in [0.15, 0.2) is 5.65 Å². The fraction of sp³-hybridized carbons (Fsp3) is 0.217. The molecule has 0 bridgehead atoms. The first-order chi connectivity index (χ1) is 15.4. The molecule has 0 fully saturated rings. The Morgan fingerprint density at radius 3 is 2.59 bits per heavy atom. The van der Waals surface area contributed by atoms with Crippen molar-refractivity contribution in [2.24, 2.45) is 0 Å². The van der Waals surface area contributed by atoms with E-state index in [1.54, 1.807) is 30.3 Å². The summed E-state index contributed by atoms with van der Waals surface area (Å²) in [6.45, 7) is 5.63. The molecule has 4 rings (SSSR count). The molecule has 2 aromatic carbocycles. The Labute approximate surface area is 184 Å². The van der Waals surface area contributed by atoms with Crippen LogP contribution in [0.3, 0.4) is 0 Å². The molecule has 164 valence electrons. The number of hydrogen-bond acceptors (Lipinski definition) is 6. The fourth-order valence-corrected chi connectivity index (χ4v) is 3.36. The van der Waals surface area contributed by atoms with Crippen LogP contribution < -0.4 is 21.1 Å². The van der Waals surface area contributed by atoms with Crippen LogP contribution in [0.5, 0.6) is 5.75 Å². The van der Waals surface area contributed by atoms with Gasteiger partial charge in [0.05, 0.1) is 12.8 Å². The number of fused-ring (bicyclic) bond motifs is 1. The summed E-state index contributed by atoms with van der Waals surface area (Å²) in [5.41, 5.74) is 4.25. The molecule has 0 aliphatic heterocycles. The molecule has 32 heavy (non-hydrogen) atoms. The number of aromatic nitrogens is 4. The Kier molecular flexibility index (Phi) is 5.63. The second-order valence-corrected chi connectivity index (χ2v) is 7.53. The van der Waals surface area contributed by atoms with Crippen molar-refractivity contribution >= 4 is 28.9 Å². The van der Waals surface area contributed by atoms with E-state index in [0.29, 0.717) is 28.7 Å².